The van der Waals surface area contributed by atoms with Crippen LogP contribution < -0.4 is 10.2 Å². The Labute approximate surface area is 127 Å². The molecule has 0 saturated carbocycles. The van der Waals surface area contributed by atoms with Crippen molar-refractivity contribution in [1.82, 2.24) is 5.32 Å². The molecule has 1 aromatic carbocycles. The molecule has 114 valence electrons. The van der Waals surface area contributed by atoms with E-state index < -0.39 is 0 Å². The summed E-state index contributed by atoms with van der Waals surface area (Å²) >= 11 is 6.34. The molecular weight excluding hydrogens is 272 g/mol. The highest BCUT2D eigenvalue weighted by Crippen LogP contribution is 2.27. The highest BCUT2D eigenvalue weighted by Gasteiger charge is 2.11. The second-order valence-corrected chi connectivity index (χ2v) is 5.89. The van der Waals surface area contributed by atoms with Crippen molar-refractivity contribution in [2.75, 3.05) is 25.1 Å². The van der Waals surface area contributed by atoms with Crippen molar-refractivity contribution < 1.29 is 5.11 Å². The third-order valence-electron chi connectivity index (χ3n) is 3.34. The van der Waals surface area contributed by atoms with Gasteiger partial charge in [-0.2, -0.15) is 0 Å². The first kappa shape index (κ1) is 17.3. The Kier molecular flexibility index (Phi) is 7.97. The summed E-state index contributed by atoms with van der Waals surface area (Å²) in [5.41, 5.74) is 2.35. The van der Waals surface area contributed by atoms with Crippen molar-refractivity contribution in [2.45, 2.75) is 45.7 Å². The maximum Gasteiger partial charge on any atom is 0.0471 e. The zero-order valence-corrected chi connectivity index (χ0v) is 13.6. The van der Waals surface area contributed by atoms with E-state index in [9.17, 15) is 0 Å². The molecule has 0 saturated heterocycles. The number of halogens is 1. The second kappa shape index (κ2) is 9.22. The van der Waals surface area contributed by atoms with Gasteiger partial charge in [0, 0.05) is 49.1 Å². The lowest BCUT2D eigenvalue weighted by Crippen LogP contribution is -2.25. The lowest BCUT2D eigenvalue weighted by atomic mass is 10.1. The van der Waals surface area contributed by atoms with Gasteiger partial charge in [0.1, 0.15) is 0 Å². The molecule has 1 aromatic rings. The first-order valence-corrected chi connectivity index (χ1v) is 7.76. The van der Waals surface area contributed by atoms with E-state index in [1.165, 1.54) is 5.69 Å². The molecule has 0 atom stereocenters. The van der Waals surface area contributed by atoms with E-state index in [2.05, 4.69) is 37.2 Å². The Balaban J connectivity index is 2.69. The molecule has 0 aliphatic carbocycles. The van der Waals surface area contributed by atoms with E-state index in [0.717, 1.165) is 42.9 Å². The fourth-order valence-corrected chi connectivity index (χ4v) is 2.38. The minimum atomic E-state index is 0.282. The summed E-state index contributed by atoms with van der Waals surface area (Å²) in [4.78, 5) is 2.25. The van der Waals surface area contributed by atoms with Gasteiger partial charge in [-0.05, 0) is 31.4 Å². The van der Waals surface area contributed by atoms with Gasteiger partial charge in [0.05, 0.1) is 0 Å². The molecule has 0 aliphatic rings. The number of nitrogens with zero attached hydrogens (tertiary/aromatic N) is 1. The fourth-order valence-electron chi connectivity index (χ4n) is 2.14. The zero-order valence-electron chi connectivity index (χ0n) is 12.8. The molecule has 0 amide bonds. The van der Waals surface area contributed by atoms with Gasteiger partial charge in [-0.25, -0.2) is 0 Å². The Morgan fingerprint density at radius 2 is 2.00 bits per heavy atom. The maximum atomic E-state index is 8.81. The lowest BCUT2D eigenvalue weighted by molar-refractivity contribution is 0.283. The van der Waals surface area contributed by atoms with Crippen molar-refractivity contribution in [3.63, 3.8) is 0 Å². The van der Waals surface area contributed by atoms with Crippen LogP contribution in [-0.2, 0) is 6.54 Å². The summed E-state index contributed by atoms with van der Waals surface area (Å²) in [7, 11) is 2.10. The van der Waals surface area contributed by atoms with Crippen LogP contribution in [-0.4, -0.2) is 31.3 Å². The summed E-state index contributed by atoms with van der Waals surface area (Å²) in [5, 5.41) is 13.1. The van der Waals surface area contributed by atoms with E-state index >= 15 is 0 Å². The fraction of sp³-hybridized carbons (Fsp3) is 0.625. The average molecular weight is 299 g/mol. The van der Waals surface area contributed by atoms with E-state index in [1.807, 2.05) is 12.1 Å². The van der Waals surface area contributed by atoms with Gasteiger partial charge in [0.15, 0.2) is 0 Å². The molecule has 4 heteroatoms. The van der Waals surface area contributed by atoms with Crippen LogP contribution in [0.1, 0.15) is 38.7 Å². The monoisotopic (exact) mass is 298 g/mol. The summed E-state index contributed by atoms with van der Waals surface area (Å²) < 4.78 is 0. The molecule has 2 N–H and O–H groups in total. The number of anilines is 1. The van der Waals surface area contributed by atoms with E-state index in [0.29, 0.717) is 6.04 Å². The molecule has 0 radical (unpaired) electrons. The predicted molar refractivity (Wildman–Crippen MR) is 87.6 cm³/mol. The van der Waals surface area contributed by atoms with Gasteiger partial charge in [0.2, 0.25) is 0 Å². The van der Waals surface area contributed by atoms with Crippen molar-refractivity contribution >= 4 is 17.3 Å². The van der Waals surface area contributed by atoms with Gasteiger partial charge in [-0.1, -0.05) is 31.5 Å². The highest BCUT2D eigenvalue weighted by atomic mass is 35.5. The molecule has 0 aliphatic heterocycles. The summed E-state index contributed by atoms with van der Waals surface area (Å²) in [6, 6.07) is 6.51. The molecule has 0 spiro atoms. The quantitative estimate of drug-likeness (QED) is 0.686. The zero-order chi connectivity index (χ0) is 15.0. The lowest BCUT2D eigenvalue weighted by Gasteiger charge is -2.24. The topological polar surface area (TPSA) is 35.5 Å². The third kappa shape index (κ3) is 5.70. The SMILES string of the molecule is CC(C)NCc1c(Cl)cccc1N(C)CCCCCO. The van der Waals surface area contributed by atoms with Crippen LogP contribution in [0.25, 0.3) is 0 Å². The van der Waals surface area contributed by atoms with Crippen LogP contribution in [0.4, 0.5) is 5.69 Å². The molecule has 0 bridgehead atoms. The van der Waals surface area contributed by atoms with Crippen LogP contribution >= 0.6 is 11.6 Å². The van der Waals surface area contributed by atoms with Crippen LogP contribution in [0, 0.1) is 0 Å². The molecule has 20 heavy (non-hydrogen) atoms. The number of benzene rings is 1. The Bertz CT molecular complexity index is 396. The number of nitrogens with one attached hydrogen (secondary N) is 1. The number of aliphatic hydroxyl groups excluding tert-OH is 1. The molecule has 0 fully saturated rings. The molecule has 0 unspecified atom stereocenters. The first-order valence-electron chi connectivity index (χ1n) is 7.39. The standard InChI is InChI=1S/C16H27ClN2O/c1-13(2)18-12-14-15(17)8-7-9-16(14)19(3)10-5-4-6-11-20/h7-9,13,18,20H,4-6,10-12H2,1-3H3. The minimum Gasteiger partial charge on any atom is -0.396 e. The normalized spacial score (nSPS) is 11.1. The number of aliphatic hydroxyl groups is 1. The van der Waals surface area contributed by atoms with Gasteiger partial charge in [-0.15, -0.1) is 0 Å². The van der Waals surface area contributed by atoms with E-state index in [1.54, 1.807) is 0 Å². The van der Waals surface area contributed by atoms with Gasteiger partial charge >= 0.3 is 0 Å². The van der Waals surface area contributed by atoms with Crippen molar-refractivity contribution in [2.24, 2.45) is 0 Å². The summed E-state index contributed by atoms with van der Waals surface area (Å²) in [6.45, 7) is 6.32. The van der Waals surface area contributed by atoms with Gasteiger partial charge in [0.25, 0.3) is 0 Å². The average Bonchev–Trinajstić information content (AvgIpc) is 2.41. The number of rotatable bonds is 9. The number of hydrogen-bond acceptors (Lipinski definition) is 3. The number of unbranched alkanes of at least 4 members (excludes halogenated alkanes) is 2. The summed E-state index contributed by atoms with van der Waals surface area (Å²) in [5.74, 6) is 0. The van der Waals surface area contributed by atoms with Crippen LogP contribution in [0.2, 0.25) is 5.02 Å². The largest absolute Gasteiger partial charge is 0.396 e. The molecule has 0 aromatic heterocycles. The first-order chi connectivity index (χ1) is 9.56. The van der Waals surface area contributed by atoms with Crippen molar-refractivity contribution in [3.8, 4) is 0 Å². The molecule has 3 nitrogen and oxygen atoms in total. The Morgan fingerprint density at radius 1 is 1.25 bits per heavy atom. The van der Waals surface area contributed by atoms with E-state index in [-0.39, 0.29) is 6.61 Å². The van der Waals surface area contributed by atoms with Crippen LogP contribution in [0.3, 0.4) is 0 Å². The number of hydrogen-bond donors (Lipinski definition) is 2. The summed E-state index contributed by atoms with van der Waals surface area (Å²) in [6.07, 6.45) is 3.02. The van der Waals surface area contributed by atoms with E-state index in [4.69, 9.17) is 16.7 Å². The minimum absolute atomic E-state index is 0.282. The maximum absolute atomic E-state index is 8.81. The molecule has 1 rings (SSSR count). The Hall–Kier alpha value is -0.770. The van der Waals surface area contributed by atoms with Crippen molar-refractivity contribution in [3.05, 3.63) is 28.8 Å². The molecule has 0 heterocycles. The third-order valence-corrected chi connectivity index (χ3v) is 3.70. The van der Waals surface area contributed by atoms with Crippen LogP contribution in [0.5, 0.6) is 0 Å². The highest BCUT2D eigenvalue weighted by molar-refractivity contribution is 6.31. The molecular formula is C16H27ClN2O. The smallest absolute Gasteiger partial charge is 0.0471 e. The second-order valence-electron chi connectivity index (χ2n) is 5.48. The van der Waals surface area contributed by atoms with Gasteiger partial charge in [-0.3, -0.25) is 0 Å². The van der Waals surface area contributed by atoms with Gasteiger partial charge < -0.3 is 15.3 Å². The van der Waals surface area contributed by atoms with Crippen LogP contribution in [0.15, 0.2) is 18.2 Å². The predicted octanol–water partition coefficient (Wildman–Crippen LogP) is 3.44. The van der Waals surface area contributed by atoms with Crippen molar-refractivity contribution in [1.29, 1.82) is 0 Å². The Morgan fingerprint density at radius 3 is 2.65 bits per heavy atom.